The van der Waals surface area contributed by atoms with Gasteiger partial charge in [0, 0.05) is 23.1 Å². The number of ether oxygens (including phenoxy) is 2. The van der Waals surface area contributed by atoms with Gasteiger partial charge in [0.25, 0.3) is 5.91 Å². The lowest BCUT2D eigenvalue weighted by molar-refractivity contribution is 0.0988. The van der Waals surface area contributed by atoms with Crippen LogP contribution in [0.5, 0.6) is 11.5 Å². The Balaban J connectivity index is 1.82. The average Bonchev–Trinajstić information content (AvgIpc) is 3.23. The van der Waals surface area contributed by atoms with Gasteiger partial charge in [0.15, 0.2) is 5.13 Å². The maximum absolute atomic E-state index is 12.1. The zero-order chi connectivity index (χ0) is 17.1. The summed E-state index contributed by atoms with van der Waals surface area (Å²) < 4.78 is 15.5. The molecule has 2 heterocycles. The molecule has 1 amide bonds. The number of thiazole rings is 1. The number of nitrogens with one attached hydrogen (secondary N) is 1. The minimum atomic E-state index is -0.391. The zero-order valence-electron chi connectivity index (χ0n) is 13.3. The highest BCUT2D eigenvalue weighted by molar-refractivity contribution is 7.14. The lowest BCUT2D eigenvalue weighted by Crippen LogP contribution is -2.10. The topological polar surface area (TPSA) is 86.5 Å². The second kappa shape index (κ2) is 6.71. The molecule has 0 bridgehead atoms. The second-order valence-corrected chi connectivity index (χ2v) is 5.75. The summed E-state index contributed by atoms with van der Waals surface area (Å²) in [5.41, 5.74) is 2.15. The number of anilines is 1. The standard InChI is InChI=1S/C16H15N3O4S/c1-9-6-14(23-19-9)15(20)18-16-17-12(8-24-16)11-5-4-10(21-2)7-13(11)22-3/h4-8H,1-3H3,(H,17,18,20). The molecular weight excluding hydrogens is 330 g/mol. The summed E-state index contributed by atoms with van der Waals surface area (Å²) in [6, 6.07) is 7.03. The fourth-order valence-corrected chi connectivity index (χ4v) is 2.80. The highest BCUT2D eigenvalue weighted by atomic mass is 32.1. The Labute approximate surface area is 142 Å². The molecule has 0 aliphatic carbocycles. The summed E-state index contributed by atoms with van der Waals surface area (Å²) >= 11 is 1.31. The van der Waals surface area contributed by atoms with Gasteiger partial charge >= 0.3 is 0 Å². The molecule has 0 saturated heterocycles. The normalized spacial score (nSPS) is 10.5. The van der Waals surface area contributed by atoms with Crippen molar-refractivity contribution in [3.8, 4) is 22.8 Å². The maximum Gasteiger partial charge on any atom is 0.296 e. The third-order valence-electron chi connectivity index (χ3n) is 3.26. The Hall–Kier alpha value is -2.87. The number of hydrogen-bond acceptors (Lipinski definition) is 7. The Morgan fingerprint density at radius 3 is 2.75 bits per heavy atom. The first-order valence-corrected chi connectivity index (χ1v) is 7.91. The van der Waals surface area contributed by atoms with Crippen LogP contribution < -0.4 is 14.8 Å². The quantitative estimate of drug-likeness (QED) is 0.763. The van der Waals surface area contributed by atoms with Crippen molar-refractivity contribution in [2.24, 2.45) is 0 Å². The van der Waals surface area contributed by atoms with E-state index in [0.29, 0.717) is 28.0 Å². The number of amides is 1. The van der Waals surface area contributed by atoms with Gasteiger partial charge in [0.1, 0.15) is 11.5 Å². The molecule has 0 saturated carbocycles. The van der Waals surface area contributed by atoms with Gasteiger partial charge in [-0.15, -0.1) is 11.3 Å². The first-order chi connectivity index (χ1) is 11.6. The predicted molar refractivity (Wildman–Crippen MR) is 89.8 cm³/mol. The van der Waals surface area contributed by atoms with Crippen LogP contribution in [0, 0.1) is 6.92 Å². The van der Waals surface area contributed by atoms with E-state index in [9.17, 15) is 4.79 Å². The van der Waals surface area contributed by atoms with Gasteiger partial charge in [0.2, 0.25) is 5.76 Å². The van der Waals surface area contributed by atoms with Crippen molar-refractivity contribution in [2.45, 2.75) is 6.92 Å². The van der Waals surface area contributed by atoms with Crippen LogP contribution in [-0.4, -0.2) is 30.3 Å². The van der Waals surface area contributed by atoms with Crippen molar-refractivity contribution < 1.29 is 18.8 Å². The van der Waals surface area contributed by atoms with Crippen LogP contribution in [0.15, 0.2) is 34.2 Å². The van der Waals surface area contributed by atoms with Crippen molar-refractivity contribution in [3.63, 3.8) is 0 Å². The molecule has 0 radical (unpaired) electrons. The summed E-state index contributed by atoms with van der Waals surface area (Å²) in [5.74, 6) is 1.09. The number of methoxy groups -OCH3 is 2. The summed E-state index contributed by atoms with van der Waals surface area (Å²) in [6.07, 6.45) is 0. The molecule has 0 fully saturated rings. The fraction of sp³-hybridized carbons (Fsp3) is 0.188. The van der Waals surface area contributed by atoms with Gasteiger partial charge in [-0.2, -0.15) is 0 Å². The predicted octanol–water partition coefficient (Wildman–Crippen LogP) is 3.38. The monoisotopic (exact) mass is 345 g/mol. The SMILES string of the molecule is COc1ccc(-c2csc(NC(=O)c3cc(C)no3)n2)c(OC)c1. The van der Waals surface area contributed by atoms with Crippen LogP contribution >= 0.6 is 11.3 Å². The molecule has 3 aromatic rings. The van der Waals surface area contributed by atoms with Crippen molar-refractivity contribution in [2.75, 3.05) is 19.5 Å². The summed E-state index contributed by atoms with van der Waals surface area (Å²) in [5, 5.41) is 8.68. The Morgan fingerprint density at radius 1 is 1.25 bits per heavy atom. The average molecular weight is 345 g/mol. The molecule has 24 heavy (non-hydrogen) atoms. The molecular formula is C16H15N3O4S. The molecule has 3 rings (SSSR count). The lowest BCUT2D eigenvalue weighted by atomic mass is 10.1. The minimum Gasteiger partial charge on any atom is -0.497 e. The molecule has 0 unspecified atom stereocenters. The van der Waals surface area contributed by atoms with E-state index in [4.69, 9.17) is 14.0 Å². The molecule has 7 nitrogen and oxygen atoms in total. The smallest absolute Gasteiger partial charge is 0.296 e. The number of rotatable bonds is 5. The van der Waals surface area contributed by atoms with E-state index in [1.165, 1.54) is 11.3 Å². The third-order valence-corrected chi connectivity index (χ3v) is 4.02. The van der Waals surface area contributed by atoms with Gasteiger partial charge in [-0.1, -0.05) is 5.16 Å². The van der Waals surface area contributed by atoms with Crippen LogP contribution in [0.1, 0.15) is 16.2 Å². The molecule has 1 aromatic carbocycles. The Bertz CT molecular complexity index is 872. The van der Waals surface area contributed by atoms with Gasteiger partial charge in [-0.05, 0) is 19.1 Å². The number of aryl methyl sites for hydroxylation is 1. The first-order valence-electron chi connectivity index (χ1n) is 7.03. The van der Waals surface area contributed by atoms with Gasteiger partial charge in [-0.3, -0.25) is 10.1 Å². The van der Waals surface area contributed by atoms with E-state index in [-0.39, 0.29) is 5.76 Å². The summed E-state index contributed by atoms with van der Waals surface area (Å²) in [6.45, 7) is 1.75. The van der Waals surface area contributed by atoms with Gasteiger partial charge in [0.05, 0.1) is 25.6 Å². The Kier molecular flexibility index (Phi) is 4.48. The highest BCUT2D eigenvalue weighted by Crippen LogP contribution is 2.34. The van der Waals surface area contributed by atoms with Crippen LogP contribution in [-0.2, 0) is 0 Å². The van der Waals surface area contributed by atoms with E-state index >= 15 is 0 Å². The van der Waals surface area contributed by atoms with E-state index in [0.717, 1.165) is 5.56 Å². The number of nitrogens with zero attached hydrogens (tertiary/aromatic N) is 2. The molecule has 0 aliphatic rings. The maximum atomic E-state index is 12.1. The van der Waals surface area contributed by atoms with Gasteiger partial charge < -0.3 is 14.0 Å². The Morgan fingerprint density at radius 2 is 2.08 bits per heavy atom. The van der Waals surface area contributed by atoms with Crippen LogP contribution in [0.4, 0.5) is 5.13 Å². The largest absolute Gasteiger partial charge is 0.497 e. The zero-order valence-corrected chi connectivity index (χ0v) is 14.1. The first kappa shape index (κ1) is 16.0. The molecule has 0 spiro atoms. The molecule has 0 atom stereocenters. The van der Waals surface area contributed by atoms with Crippen molar-refractivity contribution in [3.05, 3.63) is 41.1 Å². The van der Waals surface area contributed by atoms with Crippen LogP contribution in [0.2, 0.25) is 0 Å². The van der Waals surface area contributed by atoms with Crippen molar-refractivity contribution >= 4 is 22.4 Å². The number of carbonyl (C=O) groups excluding carboxylic acids is 1. The summed E-state index contributed by atoms with van der Waals surface area (Å²) in [7, 11) is 3.18. The number of aromatic nitrogens is 2. The van der Waals surface area contributed by atoms with Crippen LogP contribution in [0.25, 0.3) is 11.3 Å². The molecule has 124 valence electrons. The van der Waals surface area contributed by atoms with Crippen molar-refractivity contribution in [1.29, 1.82) is 0 Å². The number of hydrogen-bond donors (Lipinski definition) is 1. The van der Waals surface area contributed by atoms with E-state index in [2.05, 4.69) is 15.5 Å². The van der Waals surface area contributed by atoms with E-state index in [1.54, 1.807) is 33.3 Å². The van der Waals surface area contributed by atoms with E-state index < -0.39 is 5.91 Å². The lowest BCUT2D eigenvalue weighted by Gasteiger charge is -2.08. The summed E-state index contributed by atoms with van der Waals surface area (Å²) in [4.78, 5) is 16.5. The molecule has 2 aromatic heterocycles. The van der Waals surface area contributed by atoms with E-state index in [1.807, 2.05) is 17.5 Å². The molecule has 1 N–H and O–H groups in total. The minimum absolute atomic E-state index is 0.145. The number of benzene rings is 1. The fourth-order valence-electron chi connectivity index (χ4n) is 2.09. The highest BCUT2D eigenvalue weighted by Gasteiger charge is 2.15. The molecule has 0 aliphatic heterocycles. The van der Waals surface area contributed by atoms with Crippen LogP contribution in [0.3, 0.4) is 0 Å². The third kappa shape index (κ3) is 3.23. The van der Waals surface area contributed by atoms with Gasteiger partial charge in [-0.25, -0.2) is 4.98 Å². The molecule has 8 heteroatoms. The second-order valence-electron chi connectivity index (χ2n) is 4.89. The number of carbonyl (C=O) groups is 1. The van der Waals surface area contributed by atoms with Crippen molar-refractivity contribution in [1.82, 2.24) is 10.1 Å².